The molecular weight excluding hydrogens is 387 g/mol. The van der Waals surface area contributed by atoms with Crippen LogP contribution in [0.3, 0.4) is 0 Å². The van der Waals surface area contributed by atoms with E-state index in [0.29, 0.717) is 11.0 Å². The van der Waals surface area contributed by atoms with Gasteiger partial charge in [0, 0.05) is 23.1 Å². The van der Waals surface area contributed by atoms with Gasteiger partial charge in [-0.25, -0.2) is 4.39 Å². The van der Waals surface area contributed by atoms with Gasteiger partial charge in [0.2, 0.25) is 11.8 Å². The fourth-order valence-electron chi connectivity index (χ4n) is 2.87. The quantitative estimate of drug-likeness (QED) is 0.831. The van der Waals surface area contributed by atoms with Crippen LogP contribution in [0.5, 0.6) is 0 Å². The van der Waals surface area contributed by atoms with Crippen LogP contribution in [0.25, 0.3) is 0 Å². The van der Waals surface area contributed by atoms with Crippen LogP contribution in [0.4, 0.5) is 15.8 Å². The van der Waals surface area contributed by atoms with Gasteiger partial charge in [-0.1, -0.05) is 35.0 Å². The normalized spacial score (nSPS) is 17.0. The summed E-state index contributed by atoms with van der Waals surface area (Å²) in [5.41, 5.74) is 2.09. The van der Waals surface area contributed by atoms with E-state index in [2.05, 4.69) is 28.2 Å². The predicted octanol–water partition coefficient (Wildman–Crippen LogP) is 4.14. The largest absolute Gasteiger partial charge is 0.323 e. The second-order valence-corrected chi connectivity index (χ2v) is 6.95. The van der Waals surface area contributed by atoms with E-state index >= 15 is 0 Å². The Kier molecular flexibility index (Phi) is 5.18. The Hall–Kier alpha value is -2.21. The Bertz CT molecular complexity index is 808. The van der Waals surface area contributed by atoms with Crippen molar-refractivity contribution in [1.29, 1.82) is 0 Å². The van der Waals surface area contributed by atoms with Gasteiger partial charge in [0.1, 0.15) is 5.82 Å². The topological polar surface area (TPSA) is 49.4 Å². The van der Waals surface area contributed by atoms with E-state index in [4.69, 9.17) is 0 Å². The first kappa shape index (κ1) is 17.6. The molecular formula is C19H18BrFN2O2. The minimum atomic E-state index is -0.515. The lowest BCUT2D eigenvalue weighted by Gasteiger charge is -2.17. The molecule has 25 heavy (non-hydrogen) atoms. The summed E-state index contributed by atoms with van der Waals surface area (Å²) in [5.74, 6) is -1.46. The molecule has 0 aliphatic carbocycles. The second kappa shape index (κ2) is 7.35. The van der Waals surface area contributed by atoms with Gasteiger partial charge >= 0.3 is 0 Å². The van der Waals surface area contributed by atoms with Crippen LogP contribution in [-0.4, -0.2) is 18.4 Å². The van der Waals surface area contributed by atoms with Crippen molar-refractivity contribution in [2.45, 2.75) is 19.8 Å². The number of carbonyl (C=O) groups is 2. The standard InChI is InChI=1S/C19H18BrFN2O2/c1-2-12-3-6-15(7-4-12)23-11-13(9-18(23)24)19(25)22-17-8-5-14(20)10-16(17)21/h3-8,10,13H,2,9,11H2,1H3,(H,22,25)/t13-/m0/s1. The minimum Gasteiger partial charge on any atom is -0.323 e. The van der Waals surface area contributed by atoms with Gasteiger partial charge in [0.25, 0.3) is 0 Å². The van der Waals surface area contributed by atoms with Gasteiger partial charge in [0.15, 0.2) is 0 Å². The fourth-order valence-corrected chi connectivity index (χ4v) is 3.20. The molecule has 1 heterocycles. The summed E-state index contributed by atoms with van der Waals surface area (Å²) in [4.78, 5) is 26.3. The zero-order chi connectivity index (χ0) is 18.0. The number of carbonyl (C=O) groups excluding carboxylic acids is 2. The summed E-state index contributed by atoms with van der Waals surface area (Å²) >= 11 is 3.18. The number of nitrogens with zero attached hydrogens (tertiary/aromatic N) is 1. The molecule has 2 aromatic carbocycles. The van der Waals surface area contributed by atoms with E-state index in [0.717, 1.165) is 12.1 Å². The van der Waals surface area contributed by atoms with Crippen LogP contribution >= 0.6 is 15.9 Å². The Balaban J connectivity index is 1.69. The first-order valence-electron chi connectivity index (χ1n) is 8.13. The highest BCUT2D eigenvalue weighted by Gasteiger charge is 2.35. The monoisotopic (exact) mass is 404 g/mol. The number of benzene rings is 2. The minimum absolute atomic E-state index is 0.0966. The fraction of sp³-hybridized carbons (Fsp3) is 0.263. The highest BCUT2D eigenvalue weighted by molar-refractivity contribution is 9.10. The molecule has 1 aliphatic rings. The summed E-state index contributed by atoms with van der Waals surface area (Å²) in [5, 5.41) is 2.58. The second-order valence-electron chi connectivity index (χ2n) is 6.04. The number of nitrogens with one attached hydrogen (secondary N) is 1. The third kappa shape index (κ3) is 3.90. The van der Waals surface area contributed by atoms with E-state index in [9.17, 15) is 14.0 Å². The van der Waals surface area contributed by atoms with Gasteiger partial charge in [-0.2, -0.15) is 0 Å². The van der Waals surface area contributed by atoms with Crippen molar-refractivity contribution in [3.8, 4) is 0 Å². The number of hydrogen-bond acceptors (Lipinski definition) is 2. The lowest BCUT2D eigenvalue weighted by Crippen LogP contribution is -2.28. The Labute approximate surface area is 154 Å². The van der Waals surface area contributed by atoms with E-state index in [-0.39, 0.29) is 23.9 Å². The summed E-state index contributed by atoms with van der Waals surface area (Å²) in [6, 6.07) is 12.2. The maximum absolute atomic E-state index is 13.9. The Morgan fingerprint density at radius 2 is 2.00 bits per heavy atom. The average molecular weight is 405 g/mol. The number of aryl methyl sites for hydroxylation is 1. The number of hydrogen-bond donors (Lipinski definition) is 1. The van der Waals surface area contributed by atoms with Gasteiger partial charge in [0.05, 0.1) is 11.6 Å². The van der Waals surface area contributed by atoms with Crippen molar-refractivity contribution >= 4 is 39.1 Å². The SMILES string of the molecule is CCc1ccc(N2C[C@@H](C(=O)Nc3ccc(Br)cc3F)CC2=O)cc1. The van der Waals surface area contributed by atoms with Gasteiger partial charge in [-0.3, -0.25) is 9.59 Å². The number of amides is 2. The molecule has 0 aromatic heterocycles. The van der Waals surface area contributed by atoms with Crippen LogP contribution in [0, 0.1) is 11.7 Å². The molecule has 0 bridgehead atoms. The van der Waals surface area contributed by atoms with Crippen molar-refractivity contribution in [1.82, 2.24) is 0 Å². The molecule has 1 saturated heterocycles. The van der Waals surface area contributed by atoms with Crippen LogP contribution in [-0.2, 0) is 16.0 Å². The molecule has 4 nitrogen and oxygen atoms in total. The van der Waals surface area contributed by atoms with Crippen LogP contribution < -0.4 is 10.2 Å². The highest BCUT2D eigenvalue weighted by Crippen LogP contribution is 2.27. The first-order chi connectivity index (χ1) is 12.0. The third-order valence-electron chi connectivity index (χ3n) is 4.34. The maximum atomic E-state index is 13.9. The van der Waals surface area contributed by atoms with Crippen LogP contribution in [0.15, 0.2) is 46.9 Å². The molecule has 0 saturated carbocycles. The molecule has 0 unspecified atom stereocenters. The maximum Gasteiger partial charge on any atom is 0.229 e. The van der Waals surface area contributed by atoms with Crippen molar-refractivity contribution in [3.05, 3.63) is 58.3 Å². The smallest absolute Gasteiger partial charge is 0.229 e. The Morgan fingerprint density at radius 3 is 2.64 bits per heavy atom. The van der Waals surface area contributed by atoms with Crippen LogP contribution in [0.1, 0.15) is 18.9 Å². The summed E-state index contributed by atoms with van der Waals surface area (Å²) in [7, 11) is 0. The molecule has 1 fully saturated rings. The summed E-state index contributed by atoms with van der Waals surface area (Å²) in [6.07, 6.45) is 1.05. The third-order valence-corrected chi connectivity index (χ3v) is 4.83. The lowest BCUT2D eigenvalue weighted by molar-refractivity contribution is -0.122. The molecule has 0 spiro atoms. The molecule has 6 heteroatoms. The zero-order valence-corrected chi connectivity index (χ0v) is 15.3. The number of anilines is 2. The van der Waals surface area contributed by atoms with E-state index in [1.54, 1.807) is 11.0 Å². The first-order valence-corrected chi connectivity index (χ1v) is 8.92. The number of halogens is 2. The molecule has 1 N–H and O–H groups in total. The molecule has 3 rings (SSSR count). The van der Waals surface area contributed by atoms with Crippen molar-refractivity contribution in [2.75, 3.05) is 16.8 Å². The van der Waals surface area contributed by atoms with Crippen molar-refractivity contribution in [3.63, 3.8) is 0 Å². The van der Waals surface area contributed by atoms with Crippen LogP contribution in [0.2, 0.25) is 0 Å². The van der Waals surface area contributed by atoms with Gasteiger partial charge < -0.3 is 10.2 Å². The molecule has 1 aliphatic heterocycles. The van der Waals surface area contributed by atoms with Gasteiger partial charge in [-0.15, -0.1) is 0 Å². The van der Waals surface area contributed by atoms with Crippen molar-refractivity contribution in [2.24, 2.45) is 5.92 Å². The molecule has 0 radical (unpaired) electrons. The average Bonchev–Trinajstić information content (AvgIpc) is 2.99. The predicted molar refractivity (Wildman–Crippen MR) is 99.0 cm³/mol. The van der Waals surface area contributed by atoms with E-state index < -0.39 is 11.7 Å². The molecule has 130 valence electrons. The van der Waals surface area contributed by atoms with Gasteiger partial charge in [-0.05, 0) is 42.3 Å². The summed E-state index contributed by atoms with van der Waals surface area (Å²) in [6.45, 7) is 2.37. The van der Waals surface area contributed by atoms with E-state index in [1.165, 1.54) is 17.7 Å². The Morgan fingerprint density at radius 1 is 1.28 bits per heavy atom. The highest BCUT2D eigenvalue weighted by atomic mass is 79.9. The summed E-state index contributed by atoms with van der Waals surface area (Å²) < 4.78 is 14.5. The van der Waals surface area contributed by atoms with Crippen molar-refractivity contribution < 1.29 is 14.0 Å². The number of rotatable bonds is 4. The van der Waals surface area contributed by atoms with E-state index in [1.807, 2.05) is 24.3 Å². The lowest BCUT2D eigenvalue weighted by atomic mass is 10.1. The molecule has 2 amide bonds. The zero-order valence-electron chi connectivity index (χ0n) is 13.8. The molecule has 1 atom stereocenters. The molecule has 2 aromatic rings.